The standard InChI is InChI=1S/C16H16BrNO2/c1-10-4-3-5-13(8-10)18-15(16(19)20)12-7-6-11(2)14(17)9-12/h3-9,15,18H,1-2H3,(H,19,20). The third-order valence-corrected chi connectivity index (χ3v) is 3.96. The molecule has 0 aliphatic rings. The lowest BCUT2D eigenvalue weighted by molar-refractivity contribution is -0.138. The van der Waals surface area contributed by atoms with Gasteiger partial charge < -0.3 is 10.4 Å². The van der Waals surface area contributed by atoms with Gasteiger partial charge in [0.1, 0.15) is 0 Å². The average Bonchev–Trinajstić information content (AvgIpc) is 2.39. The molecule has 1 atom stereocenters. The first kappa shape index (κ1) is 14.6. The lowest BCUT2D eigenvalue weighted by Gasteiger charge is -2.17. The summed E-state index contributed by atoms with van der Waals surface area (Å²) >= 11 is 3.44. The van der Waals surface area contributed by atoms with Crippen LogP contribution < -0.4 is 5.32 Å². The topological polar surface area (TPSA) is 49.3 Å². The summed E-state index contributed by atoms with van der Waals surface area (Å²) < 4.78 is 0.910. The van der Waals surface area contributed by atoms with E-state index in [1.807, 2.05) is 56.3 Å². The molecule has 0 fully saturated rings. The maximum atomic E-state index is 11.5. The SMILES string of the molecule is Cc1cccc(NC(C(=O)O)c2ccc(C)c(Br)c2)c1. The summed E-state index contributed by atoms with van der Waals surface area (Å²) in [6.45, 7) is 3.95. The number of nitrogens with one attached hydrogen (secondary N) is 1. The van der Waals surface area contributed by atoms with E-state index in [0.717, 1.165) is 26.9 Å². The van der Waals surface area contributed by atoms with Crippen molar-refractivity contribution in [1.29, 1.82) is 0 Å². The van der Waals surface area contributed by atoms with Gasteiger partial charge in [0.05, 0.1) is 0 Å². The van der Waals surface area contributed by atoms with E-state index < -0.39 is 12.0 Å². The molecule has 0 radical (unpaired) electrons. The van der Waals surface area contributed by atoms with E-state index in [9.17, 15) is 9.90 Å². The molecule has 0 spiro atoms. The number of anilines is 1. The summed E-state index contributed by atoms with van der Waals surface area (Å²) in [6, 6.07) is 12.5. The van der Waals surface area contributed by atoms with E-state index in [4.69, 9.17) is 0 Å². The summed E-state index contributed by atoms with van der Waals surface area (Å²) in [4.78, 5) is 11.5. The van der Waals surface area contributed by atoms with Crippen LogP contribution in [0.5, 0.6) is 0 Å². The Bertz CT molecular complexity index is 640. The predicted octanol–water partition coefficient (Wildman–Crippen LogP) is 4.30. The van der Waals surface area contributed by atoms with Gasteiger partial charge >= 0.3 is 5.97 Å². The van der Waals surface area contributed by atoms with E-state index in [2.05, 4.69) is 21.2 Å². The molecule has 2 aromatic rings. The van der Waals surface area contributed by atoms with Crippen molar-refractivity contribution in [2.24, 2.45) is 0 Å². The molecule has 0 aromatic heterocycles. The zero-order chi connectivity index (χ0) is 14.7. The van der Waals surface area contributed by atoms with Crippen molar-refractivity contribution >= 4 is 27.6 Å². The average molecular weight is 334 g/mol. The first-order valence-corrected chi connectivity index (χ1v) is 7.09. The molecule has 104 valence electrons. The lowest BCUT2D eigenvalue weighted by atomic mass is 10.0. The molecule has 2 aromatic carbocycles. The summed E-state index contributed by atoms with van der Waals surface area (Å²) in [5, 5.41) is 12.5. The van der Waals surface area contributed by atoms with Gasteiger partial charge in [-0.2, -0.15) is 0 Å². The van der Waals surface area contributed by atoms with Crippen molar-refractivity contribution in [2.45, 2.75) is 19.9 Å². The number of halogens is 1. The number of rotatable bonds is 4. The van der Waals surface area contributed by atoms with Gasteiger partial charge in [0.2, 0.25) is 0 Å². The van der Waals surface area contributed by atoms with Crippen molar-refractivity contribution < 1.29 is 9.90 Å². The van der Waals surface area contributed by atoms with Crippen LogP contribution in [0, 0.1) is 13.8 Å². The van der Waals surface area contributed by atoms with Gasteiger partial charge in [0, 0.05) is 10.2 Å². The van der Waals surface area contributed by atoms with E-state index in [-0.39, 0.29) is 0 Å². The molecule has 4 heteroatoms. The third-order valence-electron chi connectivity index (χ3n) is 3.11. The molecule has 1 unspecified atom stereocenters. The van der Waals surface area contributed by atoms with Gasteiger partial charge in [-0.05, 0) is 48.7 Å². The highest BCUT2D eigenvalue weighted by molar-refractivity contribution is 9.10. The van der Waals surface area contributed by atoms with Crippen LogP contribution in [0.4, 0.5) is 5.69 Å². The Hall–Kier alpha value is -1.81. The molecule has 0 heterocycles. The van der Waals surface area contributed by atoms with Crippen molar-refractivity contribution in [1.82, 2.24) is 0 Å². The third kappa shape index (κ3) is 3.39. The molecule has 2 rings (SSSR count). The second-order valence-electron chi connectivity index (χ2n) is 4.79. The Kier molecular flexibility index (Phi) is 4.45. The fourth-order valence-corrected chi connectivity index (χ4v) is 2.37. The van der Waals surface area contributed by atoms with E-state index in [1.165, 1.54) is 0 Å². The highest BCUT2D eigenvalue weighted by Gasteiger charge is 2.20. The van der Waals surface area contributed by atoms with Crippen LogP contribution in [0.15, 0.2) is 46.9 Å². The Morgan fingerprint density at radius 3 is 2.55 bits per heavy atom. The van der Waals surface area contributed by atoms with Gasteiger partial charge in [0.15, 0.2) is 6.04 Å². The number of aryl methyl sites for hydroxylation is 2. The molecule has 20 heavy (non-hydrogen) atoms. The van der Waals surface area contributed by atoms with Gasteiger partial charge in [-0.3, -0.25) is 0 Å². The molecule has 2 N–H and O–H groups in total. The Labute approximate surface area is 126 Å². The molecule has 0 saturated heterocycles. The summed E-state index contributed by atoms with van der Waals surface area (Å²) in [7, 11) is 0. The zero-order valence-electron chi connectivity index (χ0n) is 11.4. The molecular formula is C16H16BrNO2. The van der Waals surface area contributed by atoms with Crippen LogP contribution in [0.3, 0.4) is 0 Å². The number of hydrogen-bond acceptors (Lipinski definition) is 2. The molecule has 3 nitrogen and oxygen atoms in total. The second kappa shape index (κ2) is 6.09. The van der Waals surface area contributed by atoms with Crippen LogP contribution in [0.25, 0.3) is 0 Å². The number of benzene rings is 2. The van der Waals surface area contributed by atoms with Crippen molar-refractivity contribution in [3.63, 3.8) is 0 Å². The van der Waals surface area contributed by atoms with Crippen LogP contribution in [0.1, 0.15) is 22.7 Å². The van der Waals surface area contributed by atoms with Crippen LogP contribution in [-0.4, -0.2) is 11.1 Å². The Morgan fingerprint density at radius 2 is 1.95 bits per heavy atom. The Balaban J connectivity index is 2.32. The second-order valence-corrected chi connectivity index (χ2v) is 5.65. The van der Waals surface area contributed by atoms with E-state index >= 15 is 0 Å². The van der Waals surface area contributed by atoms with Gasteiger partial charge in [0.25, 0.3) is 0 Å². The summed E-state index contributed by atoms with van der Waals surface area (Å²) in [5.41, 5.74) is 3.68. The first-order valence-electron chi connectivity index (χ1n) is 6.29. The van der Waals surface area contributed by atoms with Crippen molar-refractivity contribution in [3.8, 4) is 0 Å². The number of carboxylic acids is 1. The van der Waals surface area contributed by atoms with Crippen LogP contribution in [-0.2, 0) is 4.79 Å². The predicted molar refractivity (Wildman–Crippen MR) is 84.1 cm³/mol. The first-order chi connectivity index (χ1) is 9.47. The van der Waals surface area contributed by atoms with Gasteiger partial charge in [-0.1, -0.05) is 40.2 Å². The minimum Gasteiger partial charge on any atom is -0.479 e. The molecule has 0 bridgehead atoms. The van der Waals surface area contributed by atoms with E-state index in [0.29, 0.717) is 0 Å². The molecule has 0 amide bonds. The number of carboxylic acid groups (broad SMARTS) is 1. The molecular weight excluding hydrogens is 318 g/mol. The molecule has 0 aliphatic heterocycles. The number of aliphatic carboxylic acids is 1. The van der Waals surface area contributed by atoms with Crippen molar-refractivity contribution in [2.75, 3.05) is 5.32 Å². The highest BCUT2D eigenvalue weighted by atomic mass is 79.9. The number of hydrogen-bond donors (Lipinski definition) is 2. The minimum atomic E-state index is -0.901. The van der Waals surface area contributed by atoms with Crippen molar-refractivity contribution in [3.05, 3.63) is 63.6 Å². The van der Waals surface area contributed by atoms with E-state index in [1.54, 1.807) is 0 Å². The minimum absolute atomic E-state index is 0.719. The quantitative estimate of drug-likeness (QED) is 0.876. The van der Waals surface area contributed by atoms with Crippen LogP contribution in [0.2, 0.25) is 0 Å². The largest absolute Gasteiger partial charge is 0.479 e. The maximum absolute atomic E-state index is 11.5. The Morgan fingerprint density at radius 1 is 1.20 bits per heavy atom. The monoisotopic (exact) mass is 333 g/mol. The molecule has 0 aliphatic carbocycles. The van der Waals surface area contributed by atoms with Gasteiger partial charge in [-0.25, -0.2) is 4.79 Å². The number of carbonyl (C=O) groups is 1. The fourth-order valence-electron chi connectivity index (χ4n) is 1.98. The fraction of sp³-hybridized carbons (Fsp3) is 0.188. The molecule has 0 saturated carbocycles. The normalized spacial score (nSPS) is 11.9. The van der Waals surface area contributed by atoms with Crippen LogP contribution >= 0.6 is 15.9 Å². The summed E-state index contributed by atoms with van der Waals surface area (Å²) in [5.74, 6) is -0.901. The highest BCUT2D eigenvalue weighted by Crippen LogP contribution is 2.25. The maximum Gasteiger partial charge on any atom is 0.330 e. The zero-order valence-corrected chi connectivity index (χ0v) is 12.9. The van der Waals surface area contributed by atoms with Gasteiger partial charge in [-0.15, -0.1) is 0 Å². The smallest absolute Gasteiger partial charge is 0.330 e. The summed E-state index contributed by atoms with van der Waals surface area (Å²) in [6.07, 6.45) is 0. The lowest BCUT2D eigenvalue weighted by Crippen LogP contribution is -2.20.